The van der Waals surface area contributed by atoms with Crippen LogP contribution in [0.1, 0.15) is 95.2 Å². The molecular formula is C30H43FN4O3. The molecule has 4 unspecified atom stereocenters. The Morgan fingerprint density at radius 1 is 1.00 bits per heavy atom. The molecule has 8 heteroatoms. The number of nitrogens with one attached hydrogen (secondary N) is 1. The topological polar surface area (TPSA) is 99.4 Å². The third-order valence-electron chi connectivity index (χ3n) is 9.40. The molecule has 1 aromatic carbocycles. The maximum atomic E-state index is 15.3. The molecule has 0 radical (unpaired) electrons. The largest absolute Gasteiger partial charge is 0.493 e. The van der Waals surface area contributed by atoms with Gasteiger partial charge in [-0.25, -0.2) is 14.4 Å². The fraction of sp³-hybridized carbons (Fsp3) is 0.700. The third kappa shape index (κ3) is 5.61. The number of carbonyl (C=O) groups is 1. The van der Waals surface area contributed by atoms with Crippen molar-refractivity contribution >= 4 is 22.5 Å². The van der Waals surface area contributed by atoms with E-state index in [0.717, 1.165) is 70.3 Å². The predicted molar refractivity (Wildman–Crippen MR) is 147 cm³/mol. The Labute approximate surface area is 225 Å². The summed E-state index contributed by atoms with van der Waals surface area (Å²) < 4.78 is 25.8. The number of hydrogen-bond donors (Lipinski definition) is 2. The minimum Gasteiger partial charge on any atom is -0.493 e. The smallest absolute Gasteiger partial charge is 0.199 e. The highest BCUT2D eigenvalue weighted by Crippen LogP contribution is 2.40. The molecule has 2 saturated carbocycles. The van der Waals surface area contributed by atoms with E-state index in [1.807, 2.05) is 0 Å². The molecule has 3 fully saturated rings. The molecule has 0 spiro atoms. The van der Waals surface area contributed by atoms with E-state index in [4.69, 9.17) is 15.2 Å². The number of fused-ring (bicyclic) bond motifs is 2. The van der Waals surface area contributed by atoms with Crippen molar-refractivity contribution in [3.05, 3.63) is 17.7 Å². The summed E-state index contributed by atoms with van der Waals surface area (Å²) in [6, 6.07) is 2.03. The summed E-state index contributed by atoms with van der Waals surface area (Å²) in [6.45, 7) is 1.10. The number of nitrogen functional groups attached to an aromatic ring is 1. The number of ether oxygens (including phenoxy) is 2. The van der Waals surface area contributed by atoms with E-state index in [1.165, 1.54) is 33.5 Å². The quantitative estimate of drug-likeness (QED) is 0.480. The van der Waals surface area contributed by atoms with Gasteiger partial charge in [0.2, 0.25) is 0 Å². The van der Waals surface area contributed by atoms with Gasteiger partial charge < -0.3 is 20.5 Å². The van der Waals surface area contributed by atoms with Crippen LogP contribution in [0.5, 0.6) is 11.5 Å². The van der Waals surface area contributed by atoms with Gasteiger partial charge in [-0.1, -0.05) is 38.5 Å². The molecule has 2 aromatic rings. The van der Waals surface area contributed by atoms with Gasteiger partial charge in [-0.2, -0.15) is 0 Å². The average Bonchev–Trinajstić information content (AvgIpc) is 3.52. The van der Waals surface area contributed by atoms with Gasteiger partial charge in [0.25, 0.3) is 0 Å². The third-order valence-corrected chi connectivity index (χ3v) is 9.40. The van der Waals surface area contributed by atoms with Gasteiger partial charge in [-0.05, 0) is 63.0 Å². The van der Waals surface area contributed by atoms with Crippen molar-refractivity contribution in [1.29, 1.82) is 0 Å². The van der Waals surface area contributed by atoms with Gasteiger partial charge in [0.1, 0.15) is 22.9 Å². The van der Waals surface area contributed by atoms with E-state index in [0.29, 0.717) is 35.4 Å². The van der Waals surface area contributed by atoms with Crippen molar-refractivity contribution in [3.63, 3.8) is 0 Å². The summed E-state index contributed by atoms with van der Waals surface area (Å²) in [7, 11) is 2.88. The molecule has 38 heavy (non-hydrogen) atoms. The number of nitrogens with zero attached hydrogens (tertiary/aromatic N) is 2. The SMILES string of the molecule is COc1cc2c(N)nc(C3CCCCCC(C(=O)C[C@H]4NCC5CCCC54)CCCC3)nc2c(F)c1OC. The first-order chi connectivity index (χ1) is 18.5. The minimum absolute atomic E-state index is 0.0263. The zero-order valence-corrected chi connectivity index (χ0v) is 22.9. The van der Waals surface area contributed by atoms with E-state index >= 15 is 4.39 Å². The number of aromatic nitrogens is 2. The van der Waals surface area contributed by atoms with E-state index < -0.39 is 5.82 Å². The van der Waals surface area contributed by atoms with Crippen LogP contribution in [0.3, 0.4) is 0 Å². The molecule has 208 valence electrons. The number of benzene rings is 1. The van der Waals surface area contributed by atoms with Crippen LogP contribution in [-0.2, 0) is 4.79 Å². The predicted octanol–water partition coefficient (Wildman–Crippen LogP) is 5.94. The second-order valence-electron chi connectivity index (χ2n) is 11.6. The Bertz CT molecular complexity index is 1140. The van der Waals surface area contributed by atoms with Crippen LogP contribution in [0.25, 0.3) is 10.9 Å². The number of anilines is 1. The molecule has 2 aliphatic carbocycles. The van der Waals surface area contributed by atoms with Crippen LogP contribution >= 0.6 is 0 Å². The first kappa shape index (κ1) is 27.1. The highest BCUT2D eigenvalue weighted by atomic mass is 19.1. The molecule has 3 aliphatic rings. The Morgan fingerprint density at radius 2 is 1.74 bits per heavy atom. The molecule has 5 rings (SSSR count). The zero-order valence-electron chi connectivity index (χ0n) is 22.9. The zero-order chi connectivity index (χ0) is 26.6. The van der Waals surface area contributed by atoms with Gasteiger partial charge >= 0.3 is 0 Å². The highest BCUT2D eigenvalue weighted by molar-refractivity contribution is 5.91. The van der Waals surface area contributed by atoms with Crippen LogP contribution in [0, 0.1) is 23.6 Å². The van der Waals surface area contributed by atoms with Crippen LogP contribution in [-0.4, -0.2) is 42.6 Å². The van der Waals surface area contributed by atoms with Gasteiger partial charge in [0.05, 0.1) is 14.2 Å². The fourth-order valence-electron chi connectivity index (χ4n) is 7.27. The normalized spacial score (nSPS) is 28.6. The summed E-state index contributed by atoms with van der Waals surface area (Å²) in [4.78, 5) is 22.6. The van der Waals surface area contributed by atoms with Gasteiger partial charge in [0, 0.05) is 29.7 Å². The van der Waals surface area contributed by atoms with E-state index in [-0.39, 0.29) is 34.7 Å². The molecule has 0 amide bonds. The second-order valence-corrected chi connectivity index (χ2v) is 11.6. The minimum atomic E-state index is -0.573. The summed E-state index contributed by atoms with van der Waals surface area (Å²) in [5, 5.41) is 4.09. The van der Waals surface area contributed by atoms with Gasteiger partial charge in [-0.3, -0.25) is 4.79 Å². The number of methoxy groups -OCH3 is 2. The van der Waals surface area contributed by atoms with Gasteiger partial charge in [-0.15, -0.1) is 0 Å². The van der Waals surface area contributed by atoms with Crippen LogP contribution < -0.4 is 20.5 Å². The number of nitrogens with two attached hydrogens (primary N) is 1. The lowest BCUT2D eigenvalue weighted by atomic mass is 9.85. The molecule has 7 nitrogen and oxygen atoms in total. The van der Waals surface area contributed by atoms with Crippen LogP contribution in [0.2, 0.25) is 0 Å². The molecule has 5 atom stereocenters. The molecule has 1 aliphatic heterocycles. The maximum absolute atomic E-state index is 15.3. The van der Waals surface area contributed by atoms with E-state index in [1.54, 1.807) is 6.07 Å². The summed E-state index contributed by atoms with van der Waals surface area (Å²) >= 11 is 0. The summed E-state index contributed by atoms with van der Waals surface area (Å²) in [5.41, 5.74) is 6.47. The molecule has 3 N–H and O–H groups in total. The number of carbonyl (C=O) groups excluding carboxylic acids is 1. The standard InChI is InChI=1S/C30H43FN4O3/c1-37-25-15-22-27(26(31)28(25)38-2)34-30(35-29(22)32)19-11-5-3-4-9-18(10-6-7-12-19)24(36)16-23-21-14-8-13-20(21)17-33-23/h15,18-21,23,33H,3-14,16-17H2,1-2H3,(H2,32,34,35)/t18?,19?,20?,21?,23-/m1/s1. The fourth-order valence-corrected chi connectivity index (χ4v) is 7.27. The molecular weight excluding hydrogens is 483 g/mol. The maximum Gasteiger partial charge on any atom is 0.199 e. The Balaban J connectivity index is 1.26. The first-order valence-electron chi connectivity index (χ1n) is 14.6. The molecule has 1 aromatic heterocycles. The summed E-state index contributed by atoms with van der Waals surface area (Å²) in [5.74, 6) is 2.85. The summed E-state index contributed by atoms with van der Waals surface area (Å²) in [6.07, 6.45) is 13.6. The van der Waals surface area contributed by atoms with Crippen molar-refractivity contribution in [2.75, 3.05) is 26.5 Å². The number of Topliss-reactive ketones (excluding diaryl/α,β-unsaturated/α-hetero) is 1. The molecule has 0 bridgehead atoms. The lowest BCUT2D eigenvalue weighted by Gasteiger charge is -2.21. The lowest BCUT2D eigenvalue weighted by Crippen LogP contribution is -2.32. The monoisotopic (exact) mass is 526 g/mol. The molecule has 2 heterocycles. The van der Waals surface area contributed by atoms with Crippen molar-refractivity contribution in [3.8, 4) is 11.5 Å². The van der Waals surface area contributed by atoms with Crippen molar-refractivity contribution in [1.82, 2.24) is 15.3 Å². The first-order valence-corrected chi connectivity index (χ1v) is 14.6. The highest BCUT2D eigenvalue weighted by Gasteiger charge is 2.40. The van der Waals surface area contributed by atoms with Gasteiger partial charge in [0.15, 0.2) is 17.3 Å². The number of ketones is 1. The van der Waals surface area contributed by atoms with Crippen molar-refractivity contribution < 1.29 is 18.7 Å². The van der Waals surface area contributed by atoms with E-state index in [9.17, 15) is 4.79 Å². The Morgan fingerprint density at radius 3 is 2.50 bits per heavy atom. The van der Waals surface area contributed by atoms with Crippen LogP contribution in [0.4, 0.5) is 10.2 Å². The number of hydrogen-bond acceptors (Lipinski definition) is 7. The number of halogens is 1. The Kier molecular flexibility index (Phi) is 8.66. The Hall–Kier alpha value is -2.48. The van der Waals surface area contributed by atoms with Crippen molar-refractivity contribution in [2.24, 2.45) is 17.8 Å². The van der Waals surface area contributed by atoms with E-state index in [2.05, 4.69) is 15.3 Å². The number of rotatable bonds is 6. The average molecular weight is 527 g/mol. The second kappa shape index (κ2) is 12.1. The molecule has 1 saturated heterocycles. The van der Waals surface area contributed by atoms with Crippen molar-refractivity contribution in [2.45, 2.75) is 95.4 Å². The lowest BCUT2D eigenvalue weighted by molar-refractivity contribution is -0.124. The van der Waals surface area contributed by atoms with Crippen LogP contribution in [0.15, 0.2) is 6.07 Å².